The second-order valence-corrected chi connectivity index (χ2v) is 7.05. The van der Waals surface area contributed by atoms with Crippen LogP contribution in [0.3, 0.4) is 0 Å². The Morgan fingerprint density at radius 3 is 2.63 bits per heavy atom. The van der Waals surface area contributed by atoms with Gasteiger partial charge in [-0.25, -0.2) is 0 Å². The van der Waals surface area contributed by atoms with Crippen LogP contribution in [0.4, 0.5) is 0 Å². The quantitative estimate of drug-likeness (QED) is 0.493. The van der Waals surface area contributed by atoms with Crippen molar-refractivity contribution in [3.8, 4) is 0 Å². The molecule has 2 aliphatic heterocycles. The van der Waals surface area contributed by atoms with Crippen LogP contribution in [0.2, 0.25) is 5.02 Å². The van der Waals surface area contributed by atoms with Crippen molar-refractivity contribution < 1.29 is 23.8 Å². The summed E-state index contributed by atoms with van der Waals surface area (Å²) in [4.78, 5) is 26.9. The Labute approximate surface area is 161 Å². The summed E-state index contributed by atoms with van der Waals surface area (Å²) in [6, 6.07) is 9.01. The third kappa shape index (κ3) is 3.26. The highest BCUT2D eigenvalue weighted by molar-refractivity contribution is 6.46. The molecule has 2 saturated heterocycles. The lowest BCUT2D eigenvalue weighted by Gasteiger charge is -2.25. The summed E-state index contributed by atoms with van der Waals surface area (Å²) in [5, 5.41) is 11.3. The number of carbonyl (C=O) groups excluding carboxylic acids is 2. The van der Waals surface area contributed by atoms with Crippen molar-refractivity contribution in [3.05, 3.63) is 64.6 Å². The highest BCUT2D eigenvalue weighted by Crippen LogP contribution is 2.40. The molecule has 2 fully saturated rings. The fourth-order valence-electron chi connectivity index (χ4n) is 3.58. The molecule has 1 aromatic heterocycles. The van der Waals surface area contributed by atoms with Crippen LogP contribution in [-0.4, -0.2) is 41.0 Å². The number of furan rings is 1. The predicted molar refractivity (Wildman–Crippen MR) is 98.1 cm³/mol. The molecule has 0 radical (unpaired) electrons. The molecule has 3 heterocycles. The van der Waals surface area contributed by atoms with Crippen molar-refractivity contribution in [1.82, 2.24) is 4.90 Å². The summed E-state index contributed by atoms with van der Waals surface area (Å²) in [6.45, 7) is 0.915. The fourth-order valence-corrected chi connectivity index (χ4v) is 3.71. The molecule has 27 heavy (non-hydrogen) atoms. The monoisotopic (exact) mass is 387 g/mol. The van der Waals surface area contributed by atoms with E-state index in [1.54, 1.807) is 36.4 Å². The molecule has 0 unspecified atom stereocenters. The molecular formula is C20H18ClNO5. The van der Waals surface area contributed by atoms with Crippen LogP contribution in [0.25, 0.3) is 5.76 Å². The maximum Gasteiger partial charge on any atom is 0.295 e. The van der Waals surface area contributed by atoms with E-state index < -0.39 is 17.7 Å². The number of Topliss-reactive ketones (excluding diaryl/α,β-unsaturated/α-hetero) is 1. The summed E-state index contributed by atoms with van der Waals surface area (Å²) in [6.07, 6.45) is 3.09. The van der Waals surface area contributed by atoms with Crippen LogP contribution in [0.1, 0.15) is 30.2 Å². The molecule has 0 spiro atoms. The molecule has 0 bridgehead atoms. The molecule has 2 aromatic rings. The van der Waals surface area contributed by atoms with Gasteiger partial charge in [0.2, 0.25) is 0 Å². The molecule has 0 aliphatic carbocycles. The number of nitrogens with zero attached hydrogens (tertiary/aromatic N) is 1. The number of hydrogen-bond donors (Lipinski definition) is 1. The van der Waals surface area contributed by atoms with E-state index in [-0.39, 0.29) is 24.0 Å². The van der Waals surface area contributed by atoms with E-state index in [4.69, 9.17) is 20.8 Å². The molecule has 140 valence electrons. The highest BCUT2D eigenvalue weighted by atomic mass is 35.5. The first-order chi connectivity index (χ1) is 13.1. The minimum atomic E-state index is -0.792. The summed E-state index contributed by atoms with van der Waals surface area (Å²) >= 11 is 5.90. The Morgan fingerprint density at radius 1 is 1.22 bits per heavy atom. The number of rotatable bonds is 4. The van der Waals surface area contributed by atoms with Crippen molar-refractivity contribution in [1.29, 1.82) is 0 Å². The van der Waals surface area contributed by atoms with E-state index in [0.29, 0.717) is 23.0 Å². The number of carbonyl (C=O) groups is 2. The average Bonchev–Trinajstić information content (AvgIpc) is 3.40. The number of amides is 1. The zero-order chi connectivity index (χ0) is 19.0. The Hall–Kier alpha value is -2.57. The van der Waals surface area contributed by atoms with Crippen LogP contribution in [0.15, 0.2) is 52.7 Å². The summed E-state index contributed by atoms with van der Waals surface area (Å²) in [7, 11) is 0. The van der Waals surface area contributed by atoms with E-state index in [9.17, 15) is 14.7 Å². The van der Waals surface area contributed by atoms with Crippen LogP contribution in [-0.2, 0) is 14.3 Å². The molecule has 6 nitrogen and oxygen atoms in total. The van der Waals surface area contributed by atoms with Gasteiger partial charge in [0.25, 0.3) is 11.7 Å². The van der Waals surface area contributed by atoms with Gasteiger partial charge in [0.1, 0.15) is 17.6 Å². The van der Waals surface area contributed by atoms with Crippen molar-refractivity contribution in [3.63, 3.8) is 0 Å². The number of benzene rings is 1. The number of halogens is 1. The van der Waals surface area contributed by atoms with Gasteiger partial charge in [0, 0.05) is 23.7 Å². The molecule has 4 rings (SSSR count). The minimum absolute atomic E-state index is 0.00951. The Balaban J connectivity index is 1.78. The van der Waals surface area contributed by atoms with Crippen molar-refractivity contribution in [2.75, 3.05) is 13.2 Å². The Bertz CT molecular complexity index is 882. The van der Waals surface area contributed by atoms with E-state index in [1.165, 1.54) is 11.2 Å². The zero-order valence-electron chi connectivity index (χ0n) is 14.4. The summed E-state index contributed by atoms with van der Waals surface area (Å²) in [5.41, 5.74) is 0.418. The highest BCUT2D eigenvalue weighted by Gasteiger charge is 2.48. The van der Waals surface area contributed by atoms with Crippen LogP contribution < -0.4 is 0 Å². The van der Waals surface area contributed by atoms with Gasteiger partial charge in [-0.05, 0) is 49.2 Å². The van der Waals surface area contributed by atoms with Crippen molar-refractivity contribution in [2.24, 2.45) is 0 Å². The van der Waals surface area contributed by atoms with Gasteiger partial charge in [-0.15, -0.1) is 0 Å². The van der Waals surface area contributed by atoms with E-state index in [1.807, 2.05) is 0 Å². The second kappa shape index (κ2) is 7.21. The van der Waals surface area contributed by atoms with Crippen molar-refractivity contribution >= 4 is 29.1 Å². The van der Waals surface area contributed by atoms with Crippen molar-refractivity contribution in [2.45, 2.75) is 25.0 Å². The molecule has 1 aromatic carbocycles. The van der Waals surface area contributed by atoms with Gasteiger partial charge >= 0.3 is 0 Å². The summed E-state index contributed by atoms with van der Waals surface area (Å²) in [5.74, 6) is -1.23. The summed E-state index contributed by atoms with van der Waals surface area (Å²) < 4.78 is 11.1. The van der Waals surface area contributed by atoms with Gasteiger partial charge in [-0.3, -0.25) is 9.59 Å². The van der Waals surface area contributed by atoms with Gasteiger partial charge in [-0.2, -0.15) is 0 Å². The number of aliphatic hydroxyl groups excluding tert-OH is 1. The molecular weight excluding hydrogens is 370 g/mol. The first kappa shape index (κ1) is 17.8. The van der Waals surface area contributed by atoms with Gasteiger partial charge in [0.15, 0.2) is 0 Å². The number of ketones is 1. The zero-order valence-corrected chi connectivity index (χ0v) is 15.2. The molecule has 7 heteroatoms. The maximum absolute atomic E-state index is 12.8. The van der Waals surface area contributed by atoms with Crippen LogP contribution >= 0.6 is 11.6 Å². The second-order valence-electron chi connectivity index (χ2n) is 6.61. The molecule has 2 atom stereocenters. The Morgan fingerprint density at radius 2 is 2.00 bits per heavy atom. The van der Waals surface area contributed by atoms with Gasteiger partial charge in [-0.1, -0.05) is 11.6 Å². The lowest BCUT2D eigenvalue weighted by molar-refractivity contribution is -0.141. The lowest BCUT2D eigenvalue weighted by atomic mass is 9.99. The van der Waals surface area contributed by atoms with Crippen LogP contribution in [0, 0.1) is 0 Å². The normalized spacial score (nSPS) is 24.7. The van der Waals surface area contributed by atoms with Gasteiger partial charge < -0.3 is 19.2 Å². The first-order valence-corrected chi connectivity index (χ1v) is 9.13. The third-order valence-corrected chi connectivity index (χ3v) is 5.15. The largest absolute Gasteiger partial charge is 0.507 e. The molecule has 0 saturated carbocycles. The van der Waals surface area contributed by atoms with E-state index in [0.717, 1.165) is 12.8 Å². The number of hydrogen-bond acceptors (Lipinski definition) is 5. The predicted octanol–water partition coefficient (Wildman–Crippen LogP) is 3.53. The fraction of sp³-hybridized carbons (Fsp3) is 0.300. The standard InChI is InChI=1S/C20H18ClNO5/c21-13-7-5-12(6-8-13)18(23)16-17(15-4-2-10-27-15)22(20(25)19(16)24)11-14-3-1-9-26-14/h2,4-8,10,14,17,23H,1,3,9,11H2/t14-,17+/m1/s1. The molecule has 1 N–H and O–H groups in total. The number of aliphatic hydroxyl groups is 1. The number of likely N-dealkylation sites (tertiary alicyclic amines) is 1. The van der Waals surface area contributed by atoms with E-state index in [2.05, 4.69) is 0 Å². The van der Waals surface area contributed by atoms with Gasteiger partial charge in [0.05, 0.1) is 17.9 Å². The molecule has 1 amide bonds. The molecule has 2 aliphatic rings. The smallest absolute Gasteiger partial charge is 0.295 e. The Kier molecular flexibility index (Phi) is 4.76. The number of ether oxygens (including phenoxy) is 1. The van der Waals surface area contributed by atoms with Crippen LogP contribution in [0.5, 0.6) is 0 Å². The average molecular weight is 388 g/mol. The minimum Gasteiger partial charge on any atom is -0.507 e. The first-order valence-electron chi connectivity index (χ1n) is 8.75. The topological polar surface area (TPSA) is 80.0 Å². The maximum atomic E-state index is 12.8. The SMILES string of the molecule is O=C1C(=O)N(C[C@H]2CCCO2)[C@@H](c2ccco2)C1=C(O)c1ccc(Cl)cc1. The lowest BCUT2D eigenvalue weighted by Crippen LogP contribution is -2.36. The third-order valence-electron chi connectivity index (χ3n) is 4.89. The van der Waals surface area contributed by atoms with E-state index >= 15 is 0 Å².